The van der Waals surface area contributed by atoms with Gasteiger partial charge in [-0.1, -0.05) is 47.7 Å². The van der Waals surface area contributed by atoms with Crippen molar-refractivity contribution in [2.75, 3.05) is 0 Å². The Morgan fingerprint density at radius 2 is 2.07 bits per heavy atom. The normalized spacial score (nSPS) is 24.2. The molecule has 4 N–H and O–H groups in total. The highest BCUT2D eigenvalue weighted by molar-refractivity contribution is 5.90. The van der Waals surface area contributed by atoms with E-state index in [1.165, 1.54) is 6.07 Å². The van der Waals surface area contributed by atoms with Gasteiger partial charge < -0.3 is 20.5 Å². The van der Waals surface area contributed by atoms with Crippen molar-refractivity contribution in [1.29, 1.82) is 0 Å². The Hall–Kier alpha value is -2.51. The van der Waals surface area contributed by atoms with Gasteiger partial charge in [0.05, 0.1) is 17.9 Å². The molecule has 30 heavy (non-hydrogen) atoms. The van der Waals surface area contributed by atoms with Crippen molar-refractivity contribution in [2.24, 2.45) is 17.0 Å². The summed E-state index contributed by atoms with van der Waals surface area (Å²) in [6, 6.07) is 6.46. The van der Waals surface area contributed by atoms with Crippen LogP contribution in [0.1, 0.15) is 44.1 Å². The zero-order chi connectivity index (χ0) is 21.9. The molecule has 7 heteroatoms. The monoisotopic (exact) mass is 419 g/mol. The summed E-state index contributed by atoms with van der Waals surface area (Å²) < 4.78 is 13.7. The number of aliphatic carboxylic acids is 1. The molecule has 6 nitrogen and oxygen atoms in total. The average Bonchev–Trinajstić information content (AvgIpc) is 3.02. The van der Waals surface area contributed by atoms with E-state index in [1.54, 1.807) is 30.4 Å². The third kappa shape index (κ3) is 7.39. The molecular weight excluding hydrogens is 389 g/mol. The van der Waals surface area contributed by atoms with E-state index in [4.69, 9.17) is 5.11 Å². The first-order chi connectivity index (χ1) is 14.4. The van der Waals surface area contributed by atoms with Crippen LogP contribution < -0.4 is 0 Å². The minimum Gasteiger partial charge on any atom is -0.481 e. The molecule has 1 aromatic rings. The van der Waals surface area contributed by atoms with Gasteiger partial charge in [0, 0.05) is 24.7 Å². The lowest BCUT2D eigenvalue weighted by Gasteiger charge is -2.18. The molecule has 0 amide bonds. The molecule has 0 radical (unpaired) electrons. The van der Waals surface area contributed by atoms with Gasteiger partial charge in [0.15, 0.2) is 0 Å². The lowest BCUT2D eigenvalue weighted by atomic mass is 9.89. The summed E-state index contributed by atoms with van der Waals surface area (Å²) in [5.41, 5.74) is 1.01. The number of halogens is 1. The maximum absolute atomic E-state index is 13.7. The molecule has 4 atom stereocenters. The van der Waals surface area contributed by atoms with Crippen LogP contribution in [-0.2, 0) is 11.2 Å². The van der Waals surface area contributed by atoms with Gasteiger partial charge in [-0.05, 0) is 43.7 Å². The lowest BCUT2D eigenvalue weighted by Crippen LogP contribution is -2.19. The number of aryl methyl sites for hydroxylation is 1. The second-order valence-electron chi connectivity index (χ2n) is 7.63. The molecule has 2 rings (SSSR count). The Bertz CT molecular complexity index is 777. The summed E-state index contributed by atoms with van der Waals surface area (Å²) in [5, 5.41) is 41.8. The van der Waals surface area contributed by atoms with Crippen LogP contribution in [0.15, 0.2) is 53.7 Å². The van der Waals surface area contributed by atoms with Crippen molar-refractivity contribution in [3.8, 4) is 0 Å². The Morgan fingerprint density at radius 1 is 1.30 bits per heavy atom. The van der Waals surface area contributed by atoms with Crippen LogP contribution in [0.5, 0.6) is 0 Å². The molecule has 1 aliphatic carbocycles. The minimum atomic E-state index is -0.822. The van der Waals surface area contributed by atoms with Gasteiger partial charge in [0.1, 0.15) is 5.82 Å². The number of hydrogen-bond donors (Lipinski definition) is 4. The fourth-order valence-corrected chi connectivity index (χ4v) is 3.74. The van der Waals surface area contributed by atoms with E-state index < -0.39 is 18.2 Å². The number of carboxylic acids is 1. The van der Waals surface area contributed by atoms with Crippen molar-refractivity contribution in [1.82, 2.24) is 0 Å². The number of aliphatic hydroxyl groups excluding tert-OH is 2. The second-order valence-corrected chi connectivity index (χ2v) is 7.63. The zero-order valence-electron chi connectivity index (χ0n) is 16.9. The number of unbranched alkanes of at least 4 members (excludes halogenated alkanes) is 1. The Morgan fingerprint density at radius 3 is 2.77 bits per heavy atom. The van der Waals surface area contributed by atoms with E-state index in [-0.39, 0.29) is 30.5 Å². The van der Waals surface area contributed by atoms with E-state index in [0.717, 1.165) is 0 Å². The number of nitrogens with zero attached hydrogens (tertiary/aromatic N) is 1. The molecular formula is C23H30FNO5. The van der Waals surface area contributed by atoms with Crippen molar-refractivity contribution in [2.45, 2.75) is 57.2 Å². The van der Waals surface area contributed by atoms with E-state index in [0.29, 0.717) is 43.4 Å². The van der Waals surface area contributed by atoms with Crippen LogP contribution in [0.2, 0.25) is 0 Å². The molecule has 0 bridgehead atoms. The Labute approximate surface area is 176 Å². The second kappa shape index (κ2) is 12.2. The maximum atomic E-state index is 13.7. The molecule has 1 aromatic carbocycles. The van der Waals surface area contributed by atoms with E-state index in [1.807, 2.05) is 12.2 Å². The van der Waals surface area contributed by atoms with Crippen molar-refractivity contribution >= 4 is 11.7 Å². The van der Waals surface area contributed by atoms with Crippen molar-refractivity contribution in [3.05, 3.63) is 60.0 Å². The largest absolute Gasteiger partial charge is 0.481 e. The quantitative estimate of drug-likeness (QED) is 0.189. The molecule has 0 saturated heterocycles. The van der Waals surface area contributed by atoms with Crippen molar-refractivity contribution < 1.29 is 29.7 Å². The van der Waals surface area contributed by atoms with Crippen LogP contribution in [0.25, 0.3) is 0 Å². The zero-order valence-corrected chi connectivity index (χ0v) is 16.9. The van der Waals surface area contributed by atoms with Crippen molar-refractivity contribution in [3.63, 3.8) is 0 Å². The van der Waals surface area contributed by atoms with Crippen LogP contribution in [0.4, 0.5) is 4.39 Å². The first-order valence-corrected chi connectivity index (χ1v) is 10.3. The van der Waals surface area contributed by atoms with Gasteiger partial charge in [0.2, 0.25) is 0 Å². The molecule has 1 saturated carbocycles. The summed E-state index contributed by atoms with van der Waals surface area (Å²) in [5.74, 6) is -1.62. The molecule has 0 heterocycles. The third-order valence-electron chi connectivity index (χ3n) is 5.43. The molecule has 1 aliphatic rings. The van der Waals surface area contributed by atoms with Crippen LogP contribution in [-0.4, -0.2) is 44.4 Å². The highest BCUT2D eigenvalue weighted by atomic mass is 19.1. The van der Waals surface area contributed by atoms with Crippen LogP contribution in [0.3, 0.4) is 0 Å². The molecule has 0 aromatic heterocycles. The number of carbonyl (C=O) groups is 1. The fraction of sp³-hybridized carbons (Fsp3) is 0.478. The standard InChI is InChI=1S/C23H30FNO5/c24-20-9-6-5-7-16(20)11-12-17(26)13-14-18-19(22(27)15-21(18)25-30)8-3-1-2-4-10-23(28)29/h1,3,5-7,9,13-14,17-19,22,26-27,30H,2,4,8,10-12,15H2,(H,28,29)/b3-1-,14-13+,25-21-/t17-,18+,19+,22-/m0/s1. The van der Waals surface area contributed by atoms with Gasteiger partial charge in [0.25, 0.3) is 0 Å². The van der Waals surface area contributed by atoms with E-state index in [2.05, 4.69) is 5.16 Å². The summed E-state index contributed by atoms with van der Waals surface area (Å²) in [6.45, 7) is 0. The predicted molar refractivity (Wildman–Crippen MR) is 112 cm³/mol. The number of aliphatic hydroxyl groups is 2. The average molecular weight is 419 g/mol. The molecule has 0 unspecified atom stereocenters. The number of carboxylic acid groups (broad SMARTS) is 1. The first kappa shape index (κ1) is 23.8. The van der Waals surface area contributed by atoms with E-state index >= 15 is 0 Å². The van der Waals surface area contributed by atoms with Crippen LogP contribution >= 0.6 is 0 Å². The topological polar surface area (TPSA) is 110 Å². The van der Waals surface area contributed by atoms with Crippen LogP contribution in [0, 0.1) is 17.7 Å². The number of rotatable bonds is 11. The number of benzene rings is 1. The predicted octanol–water partition coefficient (Wildman–Crippen LogP) is 3.70. The molecule has 1 fully saturated rings. The summed E-state index contributed by atoms with van der Waals surface area (Å²) in [6.07, 6.45) is 8.60. The number of allylic oxidation sites excluding steroid dienone is 3. The van der Waals surface area contributed by atoms with Gasteiger partial charge >= 0.3 is 5.97 Å². The lowest BCUT2D eigenvalue weighted by molar-refractivity contribution is -0.137. The first-order valence-electron chi connectivity index (χ1n) is 10.3. The highest BCUT2D eigenvalue weighted by Gasteiger charge is 2.38. The third-order valence-corrected chi connectivity index (χ3v) is 5.43. The SMILES string of the molecule is O=C(O)CCC/C=C\C[C@H]1[C@@H](O)C/C(=N/O)[C@@H]1/C=C/[C@@H](O)CCc1ccccc1F. The smallest absolute Gasteiger partial charge is 0.303 e. The Balaban J connectivity index is 1.91. The summed E-state index contributed by atoms with van der Waals surface area (Å²) in [7, 11) is 0. The maximum Gasteiger partial charge on any atom is 0.303 e. The minimum absolute atomic E-state index is 0.119. The van der Waals surface area contributed by atoms with E-state index in [9.17, 15) is 24.6 Å². The Kier molecular flexibility index (Phi) is 9.70. The van der Waals surface area contributed by atoms with Gasteiger partial charge in [-0.25, -0.2) is 4.39 Å². The number of oxime groups is 1. The molecule has 0 aliphatic heterocycles. The van der Waals surface area contributed by atoms with Gasteiger partial charge in [-0.2, -0.15) is 0 Å². The summed E-state index contributed by atoms with van der Waals surface area (Å²) >= 11 is 0. The van der Waals surface area contributed by atoms with Gasteiger partial charge in [-0.3, -0.25) is 4.79 Å². The highest BCUT2D eigenvalue weighted by Crippen LogP contribution is 2.34. The molecule has 164 valence electrons. The summed E-state index contributed by atoms with van der Waals surface area (Å²) in [4.78, 5) is 10.5. The molecule has 0 spiro atoms. The fourth-order valence-electron chi connectivity index (χ4n) is 3.74. The number of hydrogen-bond acceptors (Lipinski definition) is 5. The van der Waals surface area contributed by atoms with Gasteiger partial charge in [-0.15, -0.1) is 0 Å².